The van der Waals surface area contributed by atoms with Crippen LogP contribution in [0.3, 0.4) is 0 Å². The van der Waals surface area contributed by atoms with E-state index >= 15 is 0 Å². The zero-order chi connectivity index (χ0) is 18.5. The maximum absolute atomic E-state index is 12.3. The quantitative estimate of drug-likeness (QED) is 0.615. The number of nitrogens with zero attached hydrogens (tertiary/aromatic N) is 1. The molecule has 0 unspecified atom stereocenters. The predicted molar refractivity (Wildman–Crippen MR) is 105 cm³/mol. The Labute approximate surface area is 160 Å². The molecule has 0 aliphatic heterocycles. The van der Waals surface area contributed by atoms with Gasteiger partial charge in [-0.05, 0) is 54.6 Å². The molecule has 7 heteroatoms. The van der Waals surface area contributed by atoms with E-state index in [1.807, 2.05) is 0 Å². The van der Waals surface area contributed by atoms with Crippen LogP contribution in [0.25, 0.3) is 0 Å². The van der Waals surface area contributed by atoms with Crippen molar-refractivity contribution in [2.24, 2.45) is 0 Å². The lowest BCUT2D eigenvalue weighted by atomic mass is 10.2. The van der Waals surface area contributed by atoms with Gasteiger partial charge in [-0.25, -0.2) is 4.98 Å². The molecule has 3 rings (SSSR count). The summed E-state index contributed by atoms with van der Waals surface area (Å²) in [4.78, 5) is 16.5. The van der Waals surface area contributed by atoms with E-state index in [4.69, 9.17) is 27.9 Å². The summed E-state index contributed by atoms with van der Waals surface area (Å²) in [6.45, 7) is 0. The number of amides is 1. The van der Waals surface area contributed by atoms with Crippen LogP contribution in [-0.2, 0) is 0 Å². The number of hydrogen-bond acceptors (Lipinski definition) is 4. The van der Waals surface area contributed by atoms with Crippen molar-refractivity contribution < 1.29 is 9.53 Å². The molecule has 0 saturated carbocycles. The van der Waals surface area contributed by atoms with Gasteiger partial charge in [-0.1, -0.05) is 23.2 Å². The molecule has 0 aliphatic rings. The fourth-order valence-corrected chi connectivity index (χ4v) is 2.78. The molecule has 5 nitrogen and oxygen atoms in total. The SMILES string of the molecule is COc1ccc(NC(=O)c2ccc(Nc3cc(Cl)cc(Cl)c3)nc2)cc1. The molecule has 132 valence electrons. The van der Waals surface area contributed by atoms with Crippen LogP contribution in [0, 0.1) is 0 Å². The number of anilines is 3. The molecule has 3 aromatic rings. The van der Waals surface area contributed by atoms with Gasteiger partial charge in [0.25, 0.3) is 5.91 Å². The molecule has 0 atom stereocenters. The van der Waals surface area contributed by atoms with Crippen LogP contribution in [0.2, 0.25) is 10.0 Å². The van der Waals surface area contributed by atoms with Crippen LogP contribution < -0.4 is 15.4 Å². The topological polar surface area (TPSA) is 63.2 Å². The second-order valence-electron chi connectivity index (χ2n) is 5.40. The van der Waals surface area contributed by atoms with Gasteiger partial charge >= 0.3 is 0 Å². The first-order chi connectivity index (χ1) is 12.5. The first kappa shape index (κ1) is 18.0. The number of pyridine rings is 1. The van der Waals surface area contributed by atoms with Crippen molar-refractivity contribution in [3.05, 3.63) is 76.4 Å². The average molecular weight is 388 g/mol. The minimum Gasteiger partial charge on any atom is -0.497 e. The highest BCUT2D eigenvalue weighted by Crippen LogP contribution is 2.24. The van der Waals surface area contributed by atoms with E-state index in [9.17, 15) is 4.79 Å². The number of rotatable bonds is 5. The second-order valence-corrected chi connectivity index (χ2v) is 6.27. The van der Waals surface area contributed by atoms with Crippen LogP contribution in [0.1, 0.15) is 10.4 Å². The third kappa shape index (κ3) is 4.65. The summed E-state index contributed by atoms with van der Waals surface area (Å²) >= 11 is 11.9. The molecule has 1 heterocycles. The number of hydrogen-bond donors (Lipinski definition) is 2. The van der Waals surface area contributed by atoms with E-state index in [1.54, 1.807) is 61.7 Å². The first-order valence-corrected chi connectivity index (χ1v) is 8.43. The summed E-state index contributed by atoms with van der Waals surface area (Å²) in [5.41, 5.74) is 1.83. The third-order valence-corrected chi connectivity index (χ3v) is 3.94. The second kappa shape index (κ2) is 8.08. The largest absolute Gasteiger partial charge is 0.497 e. The Hall–Kier alpha value is -2.76. The normalized spacial score (nSPS) is 10.3. The van der Waals surface area contributed by atoms with Gasteiger partial charge in [0.2, 0.25) is 0 Å². The van der Waals surface area contributed by atoms with Crippen molar-refractivity contribution in [2.45, 2.75) is 0 Å². The average Bonchev–Trinajstić information content (AvgIpc) is 2.62. The molecule has 0 aliphatic carbocycles. The lowest BCUT2D eigenvalue weighted by Gasteiger charge is -2.09. The van der Waals surface area contributed by atoms with Crippen molar-refractivity contribution in [3.8, 4) is 5.75 Å². The van der Waals surface area contributed by atoms with E-state index < -0.39 is 0 Å². The first-order valence-electron chi connectivity index (χ1n) is 7.68. The standard InChI is InChI=1S/C19H15Cl2N3O2/c1-26-17-5-3-15(4-6-17)24-19(25)12-2-7-18(22-11-12)23-16-9-13(20)8-14(21)10-16/h2-11H,1H3,(H,22,23)(H,24,25). The van der Waals surface area contributed by atoms with Gasteiger partial charge < -0.3 is 15.4 Å². The van der Waals surface area contributed by atoms with Gasteiger partial charge in [0, 0.05) is 27.6 Å². The number of carbonyl (C=O) groups excluding carboxylic acids is 1. The Balaban J connectivity index is 1.67. The van der Waals surface area contributed by atoms with Crippen molar-refractivity contribution in [2.75, 3.05) is 17.7 Å². The van der Waals surface area contributed by atoms with Gasteiger partial charge in [-0.15, -0.1) is 0 Å². The minimum atomic E-state index is -0.250. The van der Waals surface area contributed by atoms with Gasteiger partial charge in [0.15, 0.2) is 0 Å². The Kier molecular flexibility index (Phi) is 5.61. The fraction of sp³-hybridized carbons (Fsp3) is 0.0526. The number of methoxy groups -OCH3 is 1. The monoisotopic (exact) mass is 387 g/mol. The molecule has 0 radical (unpaired) electrons. The van der Waals surface area contributed by atoms with Crippen LogP contribution in [0.4, 0.5) is 17.2 Å². The van der Waals surface area contributed by atoms with Crippen LogP contribution in [-0.4, -0.2) is 18.0 Å². The summed E-state index contributed by atoms with van der Waals surface area (Å²) in [6.07, 6.45) is 1.49. The Bertz CT molecular complexity index is 893. The van der Waals surface area contributed by atoms with E-state index in [-0.39, 0.29) is 5.91 Å². The zero-order valence-electron chi connectivity index (χ0n) is 13.8. The van der Waals surface area contributed by atoms with Crippen molar-refractivity contribution in [1.82, 2.24) is 4.98 Å². The highest BCUT2D eigenvalue weighted by Gasteiger charge is 2.07. The Morgan fingerprint density at radius 3 is 2.23 bits per heavy atom. The Morgan fingerprint density at radius 2 is 1.65 bits per heavy atom. The highest BCUT2D eigenvalue weighted by molar-refractivity contribution is 6.35. The van der Waals surface area contributed by atoms with Crippen LogP contribution in [0.5, 0.6) is 5.75 Å². The number of nitrogens with one attached hydrogen (secondary N) is 2. The summed E-state index contributed by atoms with van der Waals surface area (Å²) in [6, 6.07) is 15.6. The molecule has 0 fully saturated rings. The molecular weight excluding hydrogens is 373 g/mol. The maximum Gasteiger partial charge on any atom is 0.257 e. The van der Waals surface area contributed by atoms with Gasteiger partial charge in [0.05, 0.1) is 12.7 Å². The fourth-order valence-electron chi connectivity index (χ4n) is 2.25. The number of halogens is 2. The number of carbonyl (C=O) groups is 1. The van der Waals surface area contributed by atoms with Gasteiger partial charge in [0.1, 0.15) is 11.6 Å². The van der Waals surface area contributed by atoms with Crippen molar-refractivity contribution in [1.29, 1.82) is 0 Å². The summed E-state index contributed by atoms with van der Waals surface area (Å²) in [7, 11) is 1.59. The summed E-state index contributed by atoms with van der Waals surface area (Å²) in [5.74, 6) is 1.05. The molecule has 0 bridgehead atoms. The van der Waals surface area contributed by atoms with E-state index in [1.165, 1.54) is 6.20 Å². The third-order valence-electron chi connectivity index (χ3n) is 3.51. The van der Waals surface area contributed by atoms with Crippen molar-refractivity contribution in [3.63, 3.8) is 0 Å². The van der Waals surface area contributed by atoms with Gasteiger partial charge in [-0.2, -0.15) is 0 Å². The Morgan fingerprint density at radius 1 is 0.962 bits per heavy atom. The lowest BCUT2D eigenvalue weighted by Crippen LogP contribution is -2.12. The molecule has 2 aromatic carbocycles. The summed E-state index contributed by atoms with van der Waals surface area (Å²) < 4.78 is 5.09. The predicted octanol–water partition coefficient (Wildman–Crippen LogP) is 5.39. The van der Waals surface area contributed by atoms with Crippen LogP contribution in [0.15, 0.2) is 60.8 Å². The van der Waals surface area contributed by atoms with E-state index in [2.05, 4.69) is 15.6 Å². The van der Waals surface area contributed by atoms with Crippen LogP contribution >= 0.6 is 23.2 Å². The van der Waals surface area contributed by atoms with E-state index in [0.717, 1.165) is 5.75 Å². The van der Waals surface area contributed by atoms with Crippen molar-refractivity contribution >= 4 is 46.3 Å². The zero-order valence-corrected chi connectivity index (χ0v) is 15.3. The molecule has 0 saturated heterocycles. The summed E-state index contributed by atoms with van der Waals surface area (Å²) in [5, 5.41) is 6.94. The molecule has 1 amide bonds. The molecule has 0 spiro atoms. The lowest BCUT2D eigenvalue weighted by molar-refractivity contribution is 0.102. The molecular formula is C19H15Cl2N3O2. The molecule has 26 heavy (non-hydrogen) atoms. The number of benzene rings is 2. The number of ether oxygens (including phenoxy) is 1. The minimum absolute atomic E-state index is 0.250. The van der Waals surface area contributed by atoms with Gasteiger partial charge in [-0.3, -0.25) is 4.79 Å². The maximum atomic E-state index is 12.3. The highest BCUT2D eigenvalue weighted by atomic mass is 35.5. The smallest absolute Gasteiger partial charge is 0.257 e. The van der Waals surface area contributed by atoms with E-state index in [0.29, 0.717) is 32.8 Å². The number of aromatic nitrogens is 1. The molecule has 1 aromatic heterocycles. The molecule has 2 N–H and O–H groups in total.